The van der Waals surface area contributed by atoms with E-state index in [0.29, 0.717) is 10.9 Å². The lowest BCUT2D eigenvalue weighted by molar-refractivity contribution is 0.275. The van der Waals surface area contributed by atoms with Crippen LogP contribution in [-0.2, 0) is 25.5 Å². The molecule has 0 aromatic rings. The summed E-state index contributed by atoms with van der Waals surface area (Å²) in [5.74, 6) is 2.87. The summed E-state index contributed by atoms with van der Waals surface area (Å²) in [7, 11) is -3.72. The molecule has 0 aliphatic heterocycles. The van der Waals surface area contributed by atoms with E-state index in [2.05, 4.69) is 24.3 Å². The van der Waals surface area contributed by atoms with Gasteiger partial charge in [-0.25, -0.2) is 8.42 Å². The first-order chi connectivity index (χ1) is 12.9. The normalized spacial score (nSPS) is 12.5. The van der Waals surface area contributed by atoms with Gasteiger partial charge in [-0.1, -0.05) is 84.0 Å². The van der Waals surface area contributed by atoms with Crippen LogP contribution < -0.4 is 0 Å². The second-order valence-corrected chi connectivity index (χ2v) is 10.8. The van der Waals surface area contributed by atoms with E-state index < -0.39 is 10.4 Å². The maximum Gasteiger partial charge on any atom is 0.217 e. The van der Waals surface area contributed by atoms with Crippen molar-refractivity contribution in [1.29, 1.82) is 0 Å². The molecule has 0 saturated heterocycles. The summed E-state index contributed by atoms with van der Waals surface area (Å²) in [4.78, 5) is 0. The van der Waals surface area contributed by atoms with Gasteiger partial charge in [0.15, 0.2) is 0 Å². The molecule has 166 valence electrons. The summed E-state index contributed by atoms with van der Waals surface area (Å²) >= 11 is 0. The van der Waals surface area contributed by atoms with E-state index in [-0.39, 0.29) is 6.61 Å². The molecule has 4 nitrogen and oxygen atoms in total. The Balaban J connectivity index is 0. The zero-order chi connectivity index (χ0) is 20.8. The molecular formula is C21H46O4S2. The Bertz CT molecular complexity index is 372. The molecule has 0 bridgehead atoms. The number of hydrogen-bond donors (Lipinski definition) is 0. The molecule has 0 aliphatic rings. The third kappa shape index (κ3) is 31.2. The van der Waals surface area contributed by atoms with Crippen LogP contribution >= 0.6 is 0 Å². The summed E-state index contributed by atoms with van der Waals surface area (Å²) in [5, 5.41) is 0. The fourth-order valence-electron chi connectivity index (χ4n) is 2.83. The second kappa shape index (κ2) is 22.5. The molecule has 27 heavy (non-hydrogen) atoms. The van der Waals surface area contributed by atoms with Crippen molar-refractivity contribution in [1.82, 2.24) is 0 Å². The summed E-state index contributed by atoms with van der Waals surface area (Å²) in [6.07, 6.45) is 23.0. The fourth-order valence-corrected chi connectivity index (χ4v) is 4.11. The smallest absolute Gasteiger partial charge is 0.217 e. The monoisotopic (exact) mass is 426 g/mol. The molecule has 1 unspecified atom stereocenters. The maximum absolute atomic E-state index is 9.45. The maximum atomic E-state index is 9.45. The molecule has 0 radical (unpaired) electrons. The van der Waals surface area contributed by atoms with Crippen molar-refractivity contribution in [3.63, 3.8) is 0 Å². The van der Waals surface area contributed by atoms with E-state index in [9.17, 15) is 13.0 Å². The van der Waals surface area contributed by atoms with Crippen molar-refractivity contribution in [3.05, 3.63) is 0 Å². The van der Waals surface area contributed by atoms with Gasteiger partial charge < -0.3 is 4.55 Å². The molecule has 0 aromatic carbocycles. The molecule has 0 fully saturated rings. The minimum absolute atomic E-state index is 0.0914. The number of hydrogen-bond acceptors (Lipinski definition) is 4. The molecule has 0 N–H and O–H groups in total. The van der Waals surface area contributed by atoms with Crippen molar-refractivity contribution in [2.45, 2.75) is 111 Å². The molecule has 0 aromatic heterocycles. The molecule has 0 amide bonds. The van der Waals surface area contributed by atoms with Gasteiger partial charge in [-0.3, -0.25) is 4.18 Å². The van der Waals surface area contributed by atoms with Crippen molar-refractivity contribution in [3.8, 4) is 0 Å². The lowest BCUT2D eigenvalue weighted by atomic mass is 10.0. The quantitative estimate of drug-likeness (QED) is 0.113. The summed E-state index contributed by atoms with van der Waals surface area (Å²) < 4.78 is 32.0. The Hall–Kier alpha value is 0.220. The van der Waals surface area contributed by atoms with E-state index in [4.69, 9.17) is 0 Å². The van der Waals surface area contributed by atoms with Crippen LogP contribution in [0.1, 0.15) is 111 Å². The second-order valence-electron chi connectivity index (χ2n) is 7.19. The third-order valence-electron chi connectivity index (χ3n) is 4.60. The zero-order valence-electron chi connectivity index (χ0n) is 18.5. The van der Waals surface area contributed by atoms with Crippen molar-refractivity contribution in [2.75, 3.05) is 24.4 Å². The molecular weight excluding hydrogens is 380 g/mol. The number of unbranched alkanes of at least 4 members (excludes halogenated alkanes) is 13. The van der Waals surface area contributed by atoms with Gasteiger partial charge in [0.05, 0.1) is 12.9 Å². The first kappa shape index (κ1) is 29.4. The van der Waals surface area contributed by atoms with Crippen LogP contribution in [-0.4, -0.2) is 37.3 Å². The Morgan fingerprint density at radius 1 is 0.704 bits per heavy atom. The van der Waals surface area contributed by atoms with E-state index >= 15 is 0 Å². The van der Waals surface area contributed by atoms with Crippen LogP contribution in [0.5, 0.6) is 0 Å². The van der Waals surface area contributed by atoms with Gasteiger partial charge in [-0.2, -0.15) is 0 Å². The van der Waals surface area contributed by atoms with Crippen LogP contribution in [0.15, 0.2) is 0 Å². The van der Waals surface area contributed by atoms with E-state index in [1.807, 2.05) is 0 Å². The van der Waals surface area contributed by atoms with Gasteiger partial charge in [0.1, 0.15) is 11.5 Å². The standard InChI is InChI=1S/C19H41S.C2H6O4S/c1-4-6-7-8-9-10-11-12-13-14-15-16-17-18-19-20(3)5-2;1-2-6-7(3,4)5/h4-19H2,1-3H3;2H2,1H3,(H,3,4,5)/q+1;/p-1. The van der Waals surface area contributed by atoms with Gasteiger partial charge in [0.25, 0.3) is 0 Å². The SMILES string of the molecule is CCCCCCCCCCCCCCCC[S+](C)CC.CCOS(=O)(=O)[O-]. The minimum atomic E-state index is -4.42. The molecule has 0 heterocycles. The predicted octanol–water partition coefficient (Wildman–Crippen LogP) is 6.22. The highest BCUT2D eigenvalue weighted by Gasteiger charge is 2.05. The lowest BCUT2D eigenvalue weighted by Gasteiger charge is -2.03. The Morgan fingerprint density at radius 3 is 1.33 bits per heavy atom. The van der Waals surface area contributed by atoms with Gasteiger partial charge in [-0.15, -0.1) is 0 Å². The van der Waals surface area contributed by atoms with Crippen LogP contribution in [0.25, 0.3) is 0 Å². The Kier molecular flexibility index (Phi) is 24.5. The first-order valence-electron chi connectivity index (χ1n) is 11.1. The topological polar surface area (TPSA) is 66.4 Å². The van der Waals surface area contributed by atoms with Gasteiger partial charge >= 0.3 is 0 Å². The largest absolute Gasteiger partial charge is 0.726 e. The Labute approximate surface area is 173 Å². The molecule has 1 atom stereocenters. The Morgan fingerprint density at radius 2 is 1.07 bits per heavy atom. The summed E-state index contributed by atoms with van der Waals surface area (Å²) in [6.45, 7) is 5.96. The summed E-state index contributed by atoms with van der Waals surface area (Å²) in [5.41, 5.74) is 0. The lowest BCUT2D eigenvalue weighted by Crippen LogP contribution is -2.06. The van der Waals surface area contributed by atoms with Crippen LogP contribution in [0.4, 0.5) is 0 Å². The number of rotatable bonds is 18. The van der Waals surface area contributed by atoms with Crippen LogP contribution in [0, 0.1) is 0 Å². The highest BCUT2D eigenvalue weighted by Crippen LogP contribution is 2.13. The van der Waals surface area contributed by atoms with E-state index in [1.165, 1.54) is 108 Å². The minimum Gasteiger partial charge on any atom is -0.726 e. The molecule has 6 heteroatoms. The average molecular weight is 427 g/mol. The highest BCUT2D eigenvalue weighted by molar-refractivity contribution is 7.96. The van der Waals surface area contributed by atoms with Crippen LogP contribution in [0.2, 0.25) is 0 Å². The van der Waals surface area contributed by atoms with Crippen LogP contribution in [0.3, 0.4) is 0 Å². The average Bonchev–Trinajstić information content (AvgIpc) is 2.61. The third-order valence-corrected chi connectivity index (χ3v) is 7.10. The molecule has 0 saturated carbocycles. The van der Waals surface area contributed by atoms with Crippen molar-refractivity contribution < 1.29 is 17.2 Å². The zero-order valence-corrected chi connectivity index (χ0v) is 20.1. The van der Waals surface area contributed by atoms with Gasteiger partial charge in [0, 0.05) is 0 Å². The molecule has 0 rings (SSSR count). The van der Waals surface area contributed by atoms with Crippen molar-refractivity contribution >= 4 is 21.3 Å². The van der Waals surface area contributed by atoms with Gasteiger partial charge in [-0.05, 0) is 37.6 Å². The molecule has 0 spiro atoms. The van der Waals surface area contributed by atoms with E-state index in [0.717, 1.165) is 0 Å². The fraction of sp³-hybridized carbons (Fsp3) is 1.00. The van der Waals surface area contributed by atoms with Gasteiger partial charge in [0.2, 0.25) is 10.4 Å². The van der Waals surface area contributed by atoms with E-state index in [1.54, 1.807) is 0 Å². The summed E-state index contributed by atoms with van der Waals surface area (Å²) in [6, 6.07) is 0. The predicted molar refractivity (Wildman–Crippen MR) is 120 cm³/mol. The highest BCUT2D eigenvalue weighted by atomic mass is 32.3. The van der Waals surface area contributed by atoms with Crippen molar-refractivity contribution in [2.24, 2.45) is 0 Å². The molecule has 0 aliphatic carbocycles. The first-order valence-corrected chi connectivity index (χ1v) is 14.4.